The number of halogens is 1. The molecule has 0 saturated heterocycles. The molecule has 0 spiro atoms. The summed E-state index contributed by atoms with van der Waals surface area (Å²) in [5.41, 5.74) is 1.28. The zero-order chi connectivity index (χ0) is 13.3. The van der Waals surface area contributed by atoms with Crippen LogP contribution in [0.4, 0.5) is 10.1 Å². The van der Waals surface area contributed by atoms with Gasteiger partial charge in [-0.25, -0.2) is 14.3 Å². The SMILES string of the molecule is OC1(c2ccc(F)cc2)C=CN(c2ccccc2)O1. The number of aliphatic hydroxyl groups is 1. The van der Waals surface area contributed by atoms with E-state index in [0.717, 1.165) is 5.69 Å². The lowest BCUT2D eigenvalue weighted by atomic mass is 10.1. The minimum atomic E-state index is -1.57. The van der Waals surface area contributed by atoms with Crippen LogP contribution in [0.25, 0.3) is 0 Å². The highest BCUT2D eigenvalue weighted by molar-refractivity contribution is 5.48. The first-order valence-corrected chi connectivity index (χ1v) is 5.89. The maximum atomic E-state index is 12.9. The molecule has 0 saturated carbocycles. The van der Waals surface area contributed by atoms with E-state index in [9.17, 15) is 9.50 Å². The number of para-hydroxylation sites is 1. The van der Waals surface area contributed by atoms with Crippen molar-refractivity contribution in [3.8, 4) is 0 Å². The van der Waals surface area contributed by atoms with Crippen molar-refractivity contribution in [2.75, 3.05) is 5.06 Å². The zero-order valence-corrected chi connectivity index (χ0v) is 10.0. The Balaban J connectivity index is 1.86. The van der Waals surface area contributed by atoms with Gasteiger partial charge in [-0.2, -0.15) is 0 Å². The zero-order valence-electron chi connectivity index (χ0n) is 10.0. The monoisotopic (exact) mass is 257 g/mol. The van der Waals surface area contributed by atoms with E-state index in [4.69, 9.17) is 4.84 Å². The number of rotatable bonds is 2. The second-order valence-corrected chi connectivity index (χ2v) is 4.27. The van der Waals surface area contributed by atoms with Crippen LogP contribution in [0.3, 0.4) is 0 Å². The van der Waals surface area contributed by atoms with Crippen LogP contribution in [0.5, 0.6) is 0 Å². The van der Waals surface area contributed by atoms with Gasteiger partial charge in [0.05, 0.1) is 5.69 Å². The van der Waals surface area contributed by atoms with Crippen LogP contribution in [0, 0.1) is 5.82 Å². The molecule has 4 heteroatoms. The molecule has 1 N–H and O–H groups in total. The lowest BCUT2D eigenvalue weighted by Gasteiger charge is -2.24. The Morgan fingerprint density at radius 2 is 1.68 bits per heavy atom. The summed E-state index contributed by atoms with van der Waals surface area (Å²) in [5, 5.41) is 11.9. The van der Waals surface area contributed by atoms with Crippen molar-refractivity contribution in [1.82, 2.24) is 0 Å². The second-order valence-electron chi connectivity index (χ2n) is 4.27. The Bertz CT molecular complexity index is 597. The predicted octanol–water partition coefficient (Wildman–Crippen LogP) is 2.94. The Labute approximate surface area is 110 Å². The van der Waals surface area contributed by atoms with Gasteiger partial charge in [0.15, 0.2) is 0 Å². The molecule has 3 rings (SSSR count). The fourth-order valence-corrected chi connectivity index (χ4v) is 1.93. The minimum Gasteiger partial charge on any atom is -0.357 e. The molecule has 0 aromatic heterocycles. The standard InChI is InChI=1S/C15H12FNO2/c16-13-8-6-12(7-9-13)15(18)10-11-17(19-15)14-4-2-1-3-5-14/h1-11,18H. The summed E-state index contributed by atoms with van der Waals surface area (Å²) in [6, 6.07) is 14.9. The summed E-state index contributed by atoms with van der Waals surface area (Å²) >= 11 is 0. The molecule has 1 aliphatic heterocycles. The molecule has 0 radical (unpaired) electrons. The summed E-state index contributed by atoms with van der Waals surface area (Å²) in [4.78, 5) is 5.52. The van der Waals surface area contributed by atoms with E-state index in [0.29, 0.717) is 5.56 Å². The number of hydroxylamine groups is 1. The highest BCUT2D eigenvalue weighted by Crippen LogP contribution is 2.33. The van der Waals surface area contributed by atoms with E-state index >= 15 is 0 Å². The fourth-order valence-electron chi connectivity index (χ4n) is 1.93. The summed E-state index contributed by atoms with van der Waals surface area (Å²) in [7, 11) is 0. The summed E-state index contributed by atoms with van der Waals surface area (Å²) in [6.07, 6.45) is 3.16. The van der Waals surface area contributed by atoms with Gasteiger partial charge in [0.25, 0.3) is 0 Å². The Hall–Kier alpha value is -2.17. The normalized spacial score (nSPS) is 21.9. The van der Waals surface area contributed by atoms with E-state index < -0.39 is 5.79 Å². The van der Waals surface area contributed by atoms with E-state index in [1.165, 1.54) is 35.4 Å². The van der Waals surface area contributed by atoms with Crippen LogP contribution in [-0.4, -0.2) is 5.11 Å². The summed E-state index contributed by atoms with van der Waals surface area (Å²) in [5.74, 6) is -1.92. The fraction of sp³-hybridized carbons (Fsp3) is 0.0667. The van der Waals surface area contributed by atoms with Gasteiger partial charge in [-0.15, -0.1) is 0 Å². The van der Waals surface area contributed by atoms with Crippen LogP contribution < -0.4 is 5.06 Å². The van der Waals surface area contributed by atoms with Gasteiger partial charge in [-0.05, 0) is 24.3 Å². The number of benzene rings is 2. The van der Waals surface area contributed by atoms with Crippen LogP contribution in [-0.2, 0) is 10.6 Å². The van der Waals surface area contributed by atoms with Gasteiger partial charge in [-0.1, -0.05) is 30.3 Å². The van der Waals surface area contributed by atoms with Crippen LogP contribution in [0.1, 0.15) is 5.56 Å². The number of hydrogen-bond donors (Lipinski definition) is 1. The van der Waals surface area contributed by atoms with Crippen molar-refractivity contribution < 1.29 is 14.3 Å². The first-order chi connectivity index (χ1) is 9.17. The van der Waals surface area contributed by atoms with Gasteiger partial charge < -0.3 is 5.11 Å². The Morgan fingerprint density at radius 3 is 2.37 bits per heavy atom. The maximum Gasteiger partial charge on any atom is 0.239 e. The van der Waals surface area contributed by atoms with Gasteiger partial charge in [0, 0.05) is 17.8 Å². The maximum absolute atomic E-state index is 12.9. The quantitative estimate of drug-likeness (QED) is 0.897. The van der Waals surface area contributed by atoms with Gasteiger partial charge in [0.1, 0.15) is 5.82 Å². The predicted molar refractivity (Wildman–Crippen MR) is 69.4 cm³/mol. The lowest BCUT2D eigenvalue weighted by Crippen LogP contribution is -2.28. The summed E-state index contributed by atoms with van der Waals surface area (Å²) in [6.45, 7) is 0. The molecule has 2 aromatic rings. The molecule has 0 fully saturated rings. The minimum absolute atomic E-state index is 0.353. The number of anilines is 1. The summed E-state index contributed by atoms with van der Waals surface area (Å²) < 4.78 is 12.9. The molecule has 0 bridgehead atoms. The molecule has 3 nitrogen and oxygen atoms in total. The molecule has 96 valence electrons. The highest BCUT2D eigenvalue weighted by atomic mass is 19.1. The largest absolute Gasteiger partial charge is 0.357 e. The van der Waals surface area contributed by atoms with Crippen LogP contribution >= 0.6 is 0 Å². The van der Waals surface area contributed by atoms with Crippen molar-refractivity contribution in [3.63, 3.8) is 0 Å². The molecule has 0 amide bonds. The third-order valence-electron chi connectivity index (χ3n) is 2.94. The average Bonchev–Trinajstić information content (AvgIpc) is 2.84. The molecule has 1 unspecified atom stereocenters. The van der Waals surface area contributed by atoms with E-state index in [2.05, 4.69) is 0 Å². The molecule has 1 heterocycles. The van der Waals surface area contributed by atoms with E-state index in [1.54, 1.807) is 6.20 Å². The molecule has 1 aliphatic rings. The first-order valence-electron chi connectivity index (χ1n) is 5.89. The van der Waals surface area contributed by atoms with Crippen molar-refractivity contribution in [2.24, 2.45) is 0 Å². The van der Waals surface area contributed by atoms with E-state index in [1.807, 2.05) is 30.3 Å². The highest BCUT2D eigenvalue weighted by Gasteiger charge is 2.35. The van der Waals surface area contributed by atoms with Crippen molar-refractivity contribution in [1.29, 1.82) is 0 Å². The average molecular weight is 257 g/mol. The van der Waals surface area contributed by atoms with Gasteiger partial charge in [0.2, 0.25) is 5.79 Å². The van der Waals surface area contributed by atoms with Gasteiger partial charge in [-0.3, -0.25) is 0 Å². The van der Waals surface area contributed by atoms with Crippen molar-refractivity contribution in [3.05, 3.63) is 78.3 Å². The number of nitrogens with zero attached hydrogens (tertiary/aromatic N) is 1. The van der Waals surface area contributed by atoms with Crippen LogP contribution in [0.2, 0.25) is 0 Å². The lowest BCUT2D eigenvalue weighted by molar-refractivity contribution is -0.163. The Kier molecular flexibility index (Phi) is 2.81. The molecule has 2 aromatic carbocycles. The first kappa shape index (κ1) is 11.9. The second kappa shape index (κ2) is 4.50. The van der Waals surface area contributed by atoms with Crippen LogP contribution in [0.15, 0.2) is 66.9 Å². The molecular formula is C15H12FNO2. The molecular weight excluding hydrogens is 245 g/mol. The van der Waals surface area contributed by atoms with Gasteiger partial charge >= 0.3 is 0 Å². The molecule has 1 atom stereocenters. The third kappa shape index (κ3) is 2.23. The van der Waals surface area contributed by atoms with Crippen molar-refractivity contribution in [2.45, 2.75) is 5.79 Å². The van der Waals surface area contributed by atoms with Crippen molar-refractivity contribution >= 4 is 5.69 Å². The van der Waals surface area contributed by atoms with E-state index in [-0.39, 0.29) is 5.82 Å². The topological polar surface area (TPSA) is 32.7 Å². The smallest absolute Gasteiger partial charge is 0.239 e. The third-order valence-corrected chi connectivity index (χ3v) is 2.94. The Morgan fingerprint density at radius 1 is 1.00 bits per heavy atom. The number of hydrogen-bond acceptors (Lipinski definition) is 3. The molecule has 0 aliphatic carbocycles. The molecule has 19 heavy (non-hydrogen) atoms.